The van der Waals surface area contributed by atoms with Gasteiger partial charge in [0.25, 0.3) is 0 Å². The van der Waals surface area contributed by atoms with Crippen LogP contribution in [0.5, 0.6) is 0 Å². The summed E-state index contributed by atoms with van der Waals surface area (Å²) >= 11 is 4.13. The molecule has 0 aliphatic carbocycles. The van der Waals surface area contributed by atoms with Crippen LogP contribution in [0.4, 0.5) is 0 Å². The molecule has 0 aliphatic heterocycles. The zero-order valence-corrected chi connectivity index (χ0v) is 22.1. The quantitative estimate of drug-likeness (QED) is 0.0350. The van der Waals surface area contributed by atoms with E-state index < -0.39 is 59.8 Å². The van der Waals surface area contributed by atoms with Gasteiger partial charge in [-0.05, 0) is 52.5 Å². The molecule has 0 aromatic rings. The number of carbonyl (C=O) groups excluding carboxylic acids is 4. The predicted octanol–water partition coefficient (Wildman–Crippen LogP) is -3.51. The Morgan fingerprint density at radius 2 is 1.30 bits per heavy atom. The lowest BCUT2D eigenvalue weighted by molar-refractivity contribution is -0.141. The number of hydrogen-bond acceptors (Lipinski definition) is 9. The van der Waals surface area contributed by atoms with Gasteiger partial charge in [0.1, 0.15) is 24.2 Å². The lowest BCUT2D eigenvalue weighted by Gasteiger charge is -2.25. The molecular weight excluding hydrogens is 506 g/mol. The number of carboxylic acid groups (broad SMARTS) is 1. The Kier molecular flexibility index (Phi) is 16.7. The van der Waals surface area contributed by atoms with Crippen LogP contribution in [0.1, 0.15) is 46.0 Å². The summed E-state index contributed by atoms with van der Waals surface area (Å²) in [5, 5.41) is 18.9. The molecule has 0 aromatic heterocycles. The number of thiol groups is 1. The van der Waals surface area contributed by atoms with E-state index in [1.54, 1.807) is 0 Å². The molecule has 5 atom stereocenters. The van der Waals surface area contributed by atoms with Crippen LogP contribution < -0.4 is 44.2 Å². The third kappa shape index (κ3) is 14.3. The van der Waals surface area contributed by atoms with E-state index >= 15 is 0 Å². The number of nitrogens with zero attached hydrogens (tertiary/aromatic N) is 1. The van der Waals surface area contributed by atoms with Crippen LogP contribution in [0.15, 0.2) is 4.99 Å². The number of aliphatic carboxylic acids is 1. The largest absolute Gasteiger partial charge is 0.480 e. The first-order valence-electron chi connectivity index (χ1n) is 11.9. The summed E-state index contributed by atoms with van der Waals surface area (Å²) in [4.78, 5) is 65.5. The highest BCUT2D eigenvalue weighted by atomic mass is 32.1. The molecule has 0 spiro atoms. The number of guanidine groups is 1. The van der Waals surface area contributed by atoms with Crippen LogP contribution in [-0.2, 0) is 24.0 Å². The lowest BCUT2D eigenvalue weighted by Crippen LogP contribution is -2.58. The number of nitrogens with two attached hydrogens (primary N) is 4. The van der Waals surface area contributed by atoms with Gasteiger partial charge in [0.15, 0.2) is 5.96 Å². The van der Waals surface area contributed by atoms with E-state index in [4.69, 9.17) is 28.0 Å². The highest BCUT2D eigenvalue weighted by Crippen LogP contribution is 2.05. The molecule has 0 bridgehead atoms. The zero-order valence-electron chi connectivity index (χ0n) is 21.2. The van der Waals surface area contributed by atoms with Crippen molar-refractivity contribution >= 4 is 48.2 Å². The normalized spacial score (nSPS) is 14.7. The van der Waals surface area contributed by atoms with Crippen molar-refractivity contribution in [1.29, 1.82) is 0 Å². The molecular formula is C21H41N9O6S. The first-order valence-corrected chi connectivity index (χ1v) is 12.5. The summed E-state index contributed by atoms with van der Waals surface area (Å²) in [5.74, 6) is -4.11. The predicted molar refractivity (Wildman–Crippen MR) is 141 cm³/mol. The zero-order chi connectivity index (χ0) is 28.5. The van der Waals surface area contributed by atoms with E-state index in [0.29, 0.717) is 25.8 Å². The van der Waals surface area contributed by atoms with Gasteiger partial charge in [0.2, 0.25) is 23.6 Å². The van der Waals surface area contributed by atoms with Crippen molar-refractivity contribution in [2.75, 3.05) is 18.8 Å². The second-order valence-corrected chi connectivity index (χ2v) is 8.82. The van der Waals surface area contributed by atoms with Crippen molar-refractivity contribution in [2.45, 2.75) is 76.2 Å². The van der Waals surface area contributed by atoms with E-state index in [9.17, 15) is 24.0 Å². The third-order valence-corrected chi connectivity index (χ3v) is 5.48. The fraction of sp³-hybridized carbons (Fsp3) is 0.714. The second kappa shape index (κ2) is 18.2. The minimum Gasteiger partial charge on any atom is -0.480 e. The smallest absolute Gasteiger partial charge is 0.325 e. The first-order chi connectivity index (χ1) is 17.3. The maximum atomic E-state index is 12.9. The minimum atomic E-state index is -1.24. The van der Waals surface area contributed by atoms with E-state index in [1.807, 2.05) is 0 Å². The van der Waals surface area contributed by atoms with Crippen LogP contribution in [0.2, 0.25) is 0 Å². The van der Waals surface area contributed by atoms with Gasteiger partial charge in [-0.15, -0.1) is 0 Å². The number of aliphatic imine (C=N–C) groups is 1. The molecule has 4 amide bonds. The molecule has 0 unspecified atom stereocenters. The lowest BCUT2D eigenvalue weighted by atomic mass is 10.1. The minimum absolute atomic E-state index is 0.116. The molecule has 0 aliphatic rings. The fourth-order valence-corrected chi connectivity index (χ4v) is 3.21. The van der Waals surface area contributed by atoms with Crippen molar-refractivity contribution in [1.82, 2.24) is 21.3 Å². The highest BCUT2D eigenvalue weighted by molar-refractivity contribution is 7.80. The Bertz CT molecular complexity index is 807. The molecule has 13 N–H and O–H groups in total. The maximum absolute atomic E-state index is 12.9. The monoisotopic (exact) mass is 547 g/mol. The standard InChI is InChI=1S/C21H41N9O6S/c1-11(23)16(31)28-14(7-5-9-26-21(24)25)18(33)30-15(10-37)19(34)29-13(6-3-4-8-22)17(32)27-12(2)20(35)36/h11-15,37H,3-10,22-23H2,1-2H3,(H,27,32)(H,28,31)(H,29,34)(H,30,33)(H,35,36)(H4,24,25,26)/t11-,12-,13-,14-,15-/m0/s1. The summed E-state index contributed by atoms with van der Waals surface area (Å²) in [6, 6.07) is -5.31. The van der Waals surface area contributed by atoms with Gasteiger partial charge in [0, 0.05) is 12.3 Å². The van der Waals surface area contributed by atoms with Gasteiger partial charge in [-0.2, -0.15) is 12.6 Å². The summed E-state index contributed by atoms with van der Waals surface area (Å²) in [5.41, 5.74) is 21.7. The van der Waals surface area contributed by atoms with Crippen molar-refractivity contribution in [2.24, 2.45) is 27.9 Å². The molecule has 0 heterocycles. The molecule has 0 saturated heterocycles. The molecule has 0 aromatic carbocycles. The van der Waals surface area contributed by atoms with E-state index in [2.05, 4.69) is 38.9 Å². The Morgan fingerprint density at radius 1 is 0.811 bits per heavy atom. The number of nitrogens with one attached hydrogen (secondary N) is 4. The Balaban J connectivity index is 5.44. The first kappa shape index (κ1) is 33.9. The topological polar surface area (TPSA) is 270 Å². The molecule has 0 rings (SSSR count). The van der Waals surface area contributed by atoms with Crippen molar-refractivity contribution in [3.8, 4) is 0 Å². The second-order valence-electron chi connectivity index (χ2n) is 8.46. The molecule has 15 nitrogen and oxygen atoms in total. The molecule has 0 fully saturated rings. The Labute approximate surface area is 221 Å². The Morgan fingerprint density at radius 3 is 1.78 bits per heavy atom. The molecule has 0 radical (unpaired) electrons. The van der Waals surface area contributed by atoms with Gasteiger partial charge >= 0.3 is 5.97 Å². The fourth-order valence-electron chi connectivity index (χ4n) is 2.95. The number of hydrogen-bond donors (Lipinski definition) is 10. The van der Waals surface area contributed by atoms with E-state index in [0.717, 1.165) is 0 Å². The molecule has 16 heteroatoms. The molecule has 0 saturated carbocycles. The average Bonchev–Trinajstić information content (AvgIpc) is 2.82. The van der Waals surface area contributed by atoms with E-state index in [-0.39, 0.29) is 31.1 Å². The van der Waals surface area contributed by atoms with E-state index in [1.165, 1.54) is 13.8 Å². The van der Waals surface area contributed by atoms with Gasteiger partial charge in [0.05, 0.1) is 6.04 Å². The van der Waals surface area contributed by atoms with Gasteiger partial charge < -0.3 is 49.3 Å². The summed E-state index contributed by atoms with van der Waals surface area (Å²) < 4.78 is 0. The number of carbonyl (C=O) groups is 5. The van der Waals surface area contributed by atoms with Crippen molar-refractivity contribution in [3.63, 3.8) is 0 Å². The summed E-state index contributed by atoms with van der Waals surface area (Å²) in [6.45, 7) is 3.33. The van der Waals surface area contributed by atoms with Crippen molar-refractivity contribution < 1.29 is 29.1 Å². The number of rotatable bonds is 18. The van der Waals surface area contributed by atoms with Gasteiger partial charge in [-0.1, -0.05) is 0 Å². The van der Waals surface area contributed by atoms with Crippen LogP contribution in [0, 0.1) is 0 Å². The SMILES string of the molecule is C[C@H](N)C(=O)N[C@@H](CCCN=C(N)N)C(=O)N[C@@H](CS)C(=O)N[C@@H](CCCCN)C(=O)N[C@@H](C)C(=O)O. The third-order valence-electron chi connectivity index (χ3n) is 5.12. The van der Waals surface area contributed by atoms with Crippen LogP contribution in [0.25, 0.3) is 0 Å². The molecule has 37 heavy (non-hydrogen) atoms. The molecule has 212 valence electrons. The average molecular weight is 548 g/mol. The summed E-state index contributed by atoms with van der Waals surface area (Å²) in [7, 11) is 0. The number of carboxylic acids is 1. The number of unbranched alkanes of at least 4 members (excludes halogenated alkanes) is 1. The van der Waals surface area contributed by atoms with Gasteiger partial charge in [-0.3, -0.25) is 29.0 Å². The van der Waals surface area contributed by atoms with Crippen LogP contribution in [-0.4, -0.2) is 89.7 Å². The highest BCUT2D eigenvalue weighted by Gasteiger charge is 2.30. The van der Waals surface area contributed by atoms with Crippen LogP contribution in [0.3, 0.4) is 0 Å². The van der Waals surface area contributed by atoms with Gasteiger partial charge in [-0.25, -0.2) is 0 Å². The Hall–Kier alpha value is -3.11. The van der Waals surface area contributed by atoms with Crippen LogP contribution >= 0.6 is 12.6 Å². The summed E-state index contributed by atoms with van der Waals surface area (Å²) in [6.07, 6.45) is 1.78. The maximum Gasteiger partial charge on any atom is 0.325 e. The van der Waals surface area contributed by atoms with Crippen molar-refractivity contribution in [3.05, 3.63) is 0 Å². The number of amides is 4.